The Bertz CT molecular complexity index is 90.0. The van der Waals surface area contributed by atoms with Crippen molar-refractivity contribution in [3.05, 3.63) is 12.3 Å². The standard InChI is InChI=1S/C4H8N2S.S/c1-2-3-6-4(5)7;/h2-3H,1H3,(H3,5,6,7);. The van der Waals surface area contributed by atoms with Gasteiger partial charge in [0.25, 0.3) is 0 Å². The molecule has 46 valence electrons. The van der Waals surface area contributed by atoms with Crippen molar-refractivity contribution < 1.29 is 0 Å². The van der Waals surface area contributed by atoms with E-state index in [1.54, 1.807) is 6.20 Å². The van der Waals surface area contributed by atoms with Gasteiger partial charge < -0.3 is 11.1 Å². The first-order valence-corrected chi connectivity index (χ1v) is 2.35. The Labute approximate surface area is 61.6 Å². The molecule has 0 rings (SSSR count). The number of nitrogens with one attached hydrogen (secondary N) is 1. The molecule has 0 aliphatic rings. The van der Waals surface area contributed by atoms with E-state index >= 15 is 0 Å². The van der Waals surface area contributed by atoms with Crippen molar-refractivity contribution >= 4 is 30.8 Å². The first-order chi connectivity index (χ1) is 3.27. The molecular formula is C4H8N2S2. The predicted molar refractivity (Wildman–Crippen MR) is 42.3 cm³/mol. The van der Waals surface area contributed by atoms with Crippen molar-refractivity contribution in [2.45, 2.75) is 6.92 Å². The zero-order chi connectivity index (χ0) is 5.70. The molecule has 4 heteroatoms. The van der Waals surface area contributed by atoms with Gasteiger partial charge in [-0.2, -0.15) is 0 Å². The van der Waals surface area contributed by atoms with Gasteiger partial charge in [-0.3, -0.25) is 0 Å². The average molecular weight is 148 g/mol. The van der Waals surface area contributed by atoms with Crippen LogP contribution >= 0.6 is 25.7 Å². The van der Waals surface area contributed by atoms with Gasteiger partial charge >= 0.3 is 0 Å². The third-order valence-corrected chi connectivity index (χ3v) is 0.510. The maximum Gasteiger partial charge on any atom is 0.167 e. The molecule has 0 fully saturated rings. The van der Waals surface area contributed by atoms with E-state index in [9.17, 15) is 0 Å². The second kappa shape index (κ2) is 6.78. The molecule has 2 radical (unpaired) electrons. The second-order valence-corrected chi connectivity index (χ2v) is 1.45. The van der Waals surface area contributed by atoms with Crippen LogP contribution in [0.1, 0.15) is 6.92 Å². The van der Waals surface area contributed by atoms with Crippen molar-refractivity contribution in [1.29, 1.82) is 0 Å². The van der Waals surface area contributed by atoms with Gasteiger partial charge in [0.05, 0.1) is 0 Å². The highest BCUT2D eigenvalue weighted by Gasteiger charge is 1.71. The van der Waals surface area contributed by atoms with Gasteiger partial charge in [-0.05, 0) is 25.3 Å². The highest BCUT2D eigenvalue weighted by molar-refractivity contribution is 7.80. The minimum atomic E-state index is 0. The van der Waals surface area contributed by atoms with Crippen LogP contribution in [0.2, 0.25) is 0 Å². The fourth-order valence-corrected chi connectivity index (χ4v) is 0.234. The maximum absolute atomic E-state index is 5.05. The summed E-state index contributed by atoms with van der Waals surface area (Å²) >= 11 is 4.48. The van der Waals surface area contributed by atoms with Crippen LogP contribution in [0.5, 0.6) is 0 Å². The van der Waals surface area contributed by atoms with E-state index in [4.69, 9.17) is 5.73 Å². The van der Waals surface area contributed by atoms with Crippen LogP contribution in [0.3, 0.4) is 0 Å². The molecule has 0 amide bonds. The summed E-state index contributed by atoms with van der Waals surface area (Å²) in [5, 5.41) is 2.93. The number of rotatable bonds is 1. The summed E-state index contributed by atoms with van der Waals surface area (Å²) in [5.41, 5.74) is 5.05. The summed E-state index contributed by atoms with van der Waals surface area (Å²) in [4.78, 5) is 0. The Morgan fingerprint density at radius 2 is 2.25 bits per heavy atom. The Hall–Kier alpha value is -0.220. The number of allylic oxidation sites excluding steroid dienone is 1. The van der Waals surface area contributed by atoms with Gasteiger partial charge in [0.15, 0.2) is 5.11 Å². The Kier molecular flexibility index (Phi) is 9.07. The highest BCUT2D eigenvalue weighted by atomic mass is 32.1. The van der Waals surface area contributed by atoms with Gasteiger partial charge in [0.1, 0.15) is 0 Å². The van der Waals surface area contributed by atoms with E-state index in [2.05, 4.69) is 17.5 Å². The molecule has 0 saturated heterocycles. The molecule has 0 atom stereocenters. The van der Waals surface area contributed by atoms with Gasteiger partial charge in [0.2, 0.25) is 0 Å². The third kappa shape index (κ3) is 9.24. The summed E-state index contributed by atoms with van der Waals surface area (Å²) in [6.07, 6.45) is 3.50. The molecule has 0 bridgehead atoms. The monoisotopic (exact) mass is 148 g/mol. The number of thiocarbonyl (C=S) groups is 1. The molecule has 0 aliphatic heterocycles. The smallest absolute Gasteiger partial charge is 0.167 e. The van der Waals surface area contributed by atoms with E-state index in [-0.39, 0.29) is 13.5 Å². The second-order valence-electron chi connectivity index (χ2n) is 1.01. The quantitative estimate of drug-likeness (QED) is 0.545. The van der Waals surface area contributed by atoms with Gasteiger partial charge in [-0.25, -0.2) is 0 Å². The lowest BCUT2D eigenvalue weighted by atomic mass is 10.7. The lowest BCUT2D eigenvalue weighted by Gasteiger charge is -1.89. The molecule has 0 aromatic carbocycles. The minimum absolute atomic E-state index is 0. The normalized spacial score (nSPS) is 8.12. The molecule has 0 aliphatic carbocycles. The number of hydrogen-bond acceptors (Lipinski definition) is 1. The molecule has 0 heterocycles. The van der Waals surface area contributed by atoms with Crippen molar-refractivity contribution in [3.63, 3.8) is 0 Å². The van der Waals surface area contributed by atoms with Crippen LogP contribution in [0.25, 0.3) is 0 Å². The molecule has 2 nitrogen and oxygen atoms in total. The van der Waals surface area contributed by atoms with Crippen LogP contribution in [0, 0.1) is 0 Å². The van der Waals surface area contributed by atoms with Crippen LogP contribution in [-0.2, 0) is 0 Å². The van der Waals surface area contributed by atoms with Gasteiger partial charge in [0, 0.05) is 13.5 Å². The first kappa shape index (κ1) is 10.7. The summed E-state index contributed by atoms with van der Waals surface area (Å²) in [7, 11) is 0. The minimum Gasteiger partial charge on any atom is -0.376 e. The number of nitrogens with two attached hydrogens (primary N) is 1. The molecule has 3 N–H and O–H groups in total. The Morgan fingerprint density at radius 1 is 1.75 bits per heavy atom. The summed E-state index contributed by atoms with van der Waals surface area (Å²) in [5.74, 6) is 0. The Balaban J connectivity index is 0. The molecule has 0 unspecified atom stereocenters. The SMILES string of the molecule is CC=CNC(N)=S.[S]. The first-order valence-electron chi connectivity index (χ1n) is 1.94. The van der Waals surface area contributed by atoms with Crippen LogP contribution in [0.4, 0.5) is 0 Å². The van der Waals surface area contributed by atoms with E-state index in [1.807, 2.05) is 13.0 Å². The molecule has 0 aromatic heterocycles. The van der Waals surface area contributed by atoms with Crippen LogP contribution < -0.4 is 11.1 Å². The van der Waals surface area contributed by atoms with Crippen molar-refractivity contribution in [2.24, 2.45) is 5.73 Å². The average Bonchev–Trinajstić information content (AvgIpc) is 1.61. The molecule has 0 saturated carbocycles. The maximum atomic E-state index is 5.05. The number of hydrogen-bond donors (Lipinski definition) is 2. The Morgan fingerprint density at radius 3 is 2.38 bits per heavy atom. The molecule has 0 aromatic rings. The van der Waals surface area contributed by atoms with Gasteiger partial charge in [-0.1, -0.05) is 6.08 Å². The highest BCUT2D eigenvalue weighted by Crippen LogP contribution is 1.60. The molecular weight excluding hydrogens is 140 g/mol. The van der Waals surface area contributed by atoms with Crippen LogP contribution in [0.15, 0.2) is 12.3 Å². The largest absolute Gasteiger partial charge is 0.376 e. The van der Waals surface area contributed by atoms with Crippen LogP contribution in [-0.4, -0.2) is 5.11 Å². The lowest BCUT2D eigenvalue weighted by Crippen LogP contribution is -2.23. The van der Waals surface area contributed by atoms with E-state index in [1.165, 1.54) is 0 Å². The zero-order valence-electron chi connectivity index (χ0n) is 4.55. The predicted octanol–water partition coefficient (Wildman–Crippen LogP) is 1.00. The van der Waals surface area contributed by atoms with E-state index in [0.29, 0.717) is 5.11 Å². The fraction of sp³-hybridized carbons (Fsp3) is 0.250. The van der Waals surface area contributed by atoms with Gasteiger partial charge in [-0.15, -0.1) is 0 Å². The third-order valence-electron chi connectivity index (χ3n) is 0.392. The molecule has 0 spiro atoms. The van der Waals surface area contributed by atoms with E-state index in [0.717, 1.165) is 0 Å². The summed E-state index contributed by atoms with van der Waals surface area (Å²) in [6.45, 7) is 1.88. The van der Waals surface area contributed by atoms with E-state index < -0.39 is 0 Å². The summed E-state index contributed by atoms with van der Waals surface area (Å²) < 4.78 is 0. The summed E-state index contributed by atoms with van der Waals surface area (Å²) in [6, 6.07) is 0. The molecule has 8 heavy (non-hydrogen) atoms. The van der Waals surface area contributed by atoms with Crippen molar-refractivity contribution in [2.75, 3.05) is 0 Å². The topological polar surface area (TPSA) is 38.0 Å². The zero-order valence-corrected chi connectivity index (χ0v) is 6.18. The lowest BCUT2D eigenvalue weighted by molar-refractivity contribution is 1.27. The van der Waals surface area contributed by atoms with Crippen molar-refractivity contribution in [1.82, 2.24) is 5.32 Å². The van der Waals surface area contributed by atoms with Crippen molar-refractivity contribution in [3.8, 4) is 0 Å². The fourth-order valence-electron chi connectivity index (χ4n) is 0.165.